The Kier molecular flexibility index (Phi) is 5.75. The van der Waals surface area contributed by atoms with Crippen molar-refractivity contribution in [3.63, 3.8) is 0 Å². The number of hydrogen-bond donors (Lipinski definition) is 0. The van der Waals surface area contributed by atoms with Crippen LogP contribution in [0.2, 0.25) is 0 Å². The number of hydrogen-bond acceptors (Lipinski definition) is 5. The third kappa shape index (κ3) is 4.83. The molecule has 0 aliphatic carbocycles. The minimum atomic E-state index is -0.362. The van der Waals surface area contributed by atoms with Gasteiger partial charge in [-0.1, -0.05) is 6.07 Å². The fourth-order valence-electron chi connectivity index (χ4n) is 2.85. The van der Waals surface area contributed by atoms with E-state index in [1.165, 1.54) is 12.1 Å². The van der Waals surface area contributed by atoms with Crippen molar-refractivity contribution >= 4 is 33.2 Å². The van der Waals surface area contributed by atoms with Crippen molar-refractivity contribution in [2.75, 3.05) is 26.3 Å². The van der Waals surface area contributed by atoms with Crippen molar-refractivity contribution in [2.24, 2.45) is 4.99 Å². The van der Waals surface area contributed by atoms with Crippen molar-refractivity contribution in [3.8, 4) is 0 Å². The van der Waals surface area contributed by atoms with E-state index in [-0.39, 0.29) is 36.6 Å². The molecular formula is C18H18BrFN2O3. The van der Waals surface area contributed by atoms with E-state index in [9.17, 15) is 14.0 Å². The van der Waals surface area contributed by atoms with Gasteiger partial charge in [-0.15, -0.1) is 0 Å². The van der Waals surface area contributed by atoms with Gasteiger partial charge >= 0.3 is 0 Å². The summed E-state index contributed by atoms with van der Waals surface area (Å²) in [5, 5.41) is 0. The lowest BCUT2D eigenvalue weighted by Crippen LogP contribution is -2.36. The van der Waals surface area contributed by atoms with Gasteiger partial charge < -0.3 is 9.64 Å². The van der Waals surface area contributed by atoms with Gasteiger partial charge in [-0.25, -0.2) is 9.38 Å². The molecular weight excluding hydrogens is 391 g/mol. The fourth-order valence-corrected chi connectivity index (χ4v) is 3.28. The maximum Gasteiger partial charge on any atom is 0.164 e. The highest BCUT2D eigenvalue weighted by Gasteiger charge is 2.21. The molecule has 0 bridgehead atoms. The van der Waals surface area contributed by atoms with Crippen molar-refractivity contribution < 1.29 is 18.7 Å². The smallest absolute Gasteiger partial charge is 0.164 e. The van der Waals surface area contributed by atoms with E-state index < -0.39 is 0 Å². The second kappa shape index (κ2) is 8.01. The monoisotopic (exact) mass is 408 g/mol. The first-order valence-corrected chi connectivity index (χ1v) is 8.90. The van der Waals surface area contributed by atoms with Crippen LogP contribution in [0.5, 0.6) is 0 Å². The number of benzene rings is 1. The Labute approximate surface area is 153 Å². The fraction of sp³-hybridized carbons (Fsp3) is 0.389. The van der Waals surface area contributed by atoms with Crippen LogP contribution in [0.4, 0.5) is 4.39 Å². The van der Waals surface area contributed by atoms with Gasteiger partial charge in [0.15, 0.2) is 5.78 Å². The Morgan fingerprint density at radius 3 is 2.76 bits per heavy atom. The SMILES string of the molecule is O=C1C=C(N2CCOCC2)N=C(CC(=O)Cc2ccc(F)c(Br)c2)C1. The molecule has 0 atom stereocenters. The van der Waals surface area contributed by atoms with E-state index >= 15 is 0 Å². The average Bonchev–Trinajstić information content (AvgIpc) is 2.58. The van der Waals surface area contributed by atoms with Crippen molar-refractivity contribution in [1.82, 2.24) is 4.90 Å². The van der Waals surface area contributed by atoms with Crippen LogP contribution < -0.4 is 0 Å². The Bertz CT molecular complexity index is 755. The first kappa shape index (κ1) is 17.9. The van der Waals surface area contributed by atoms with Crippen LogP contribution in [0.15, 0.2) is 39.6 Å². The van der Waals surface area contributed by atoms with Gasteiger partial charge in [-0.3, -0.25) is 9.59 Å². The molecule has 0 unspecified atom stereocenters. The summed E-state index contributed by atoms with van der Waals surface area (Å²) >= 11 is 3.12. The normalized spacial score (nSPS) is 18.0. The lowest BCUT2D eigenvalue weighted by atomic mass is 10.0. The number of aliphatic imine (C=N–C) groups is 1. The van der Waals surface area contributed by atoms with Gasteiger partial charge in [0.1, 0.15) is 17.4 Å². The molecule has 2 aliphatic heterocycles. The summed E-state index contributed by atoms with van der Waals surface area (Å²) in [4.78, 5) is 30.8. The largest absolute Gasteiger partial charge is 0.378 e. The zero-order chi connectivity index (χ0) is 17.8. The van der Waals surface area contributed by atoms with Gasteiger partial charge in [0, 0.05) is 44.1 Å². The molecule has 0 amide bonds. The second-order valence-corrected chi connectivity index (χ2v) is 6.92. The zero-order valence-electron chi connectivity index (χ0n) is 13.6. The van der Waals surface area contributed by atoms with Gasteiger partial charge in [0.2, 0.25) is 0 Å². The minimum Gasteiger partial charge on any atom is -0.378 e. The van der Waals surface area contributed by atoms with Crippen LogP contribution in [-0.2, 0) is 20.7 Å². The third-order valence-corrected chi connectivity index (χ3v) is 4.67. The summed E-state index contributed by atoms with van der Waals surface area (Å²) in [7, 11) is 0. The van der Waals surface area contributed by atoms with E-state index in [4.69, 9.17) is 4.74 Å². The van der Waals surface area contributed by atoms with E-state index in [1.54, 1.807) is 12.1 Å². The number of carbonyl (C=O) groups excluding carboxylic acids is 2. The van der Waals surface area contributed by atoms with Crippen molar-refractivity contribution in [3.05, 3.63) is 45.9 Å². The maximum absolute atomic E-state index is 13.3. The number of morpholine rings is 1. The summed E-state index contributed by atoms with van der Waals surface area (Å²) in [5.41, 5.74) is 1.31. The predicted octanol–water partition coefficient (Wildman–Crippen LogP) is 2.68. The Balaban J connectivity index is 1.65. The molecule has 5 nitrogen and oxygen atoms in total. The highest BCUT2D eigenvalue weighted by molar-refractivity contribution is 9.10. The highest BCUT2D eigenvalue weighted by atomic mass is 79.9. The molecule has 2 heterocycles. The third-order valence-electron chi connectivity index (χ3n) is 4.06. The maximum atomic E-state index is 13.3. The molecule has 132 valence electrons. The van der Waals surface area contributed by atoms with Crippen LogP contribution in [0, 0.1) is 5.82 Å². The quantitative estimate of drug-likeness (QED) is 0.751. The van der Waals surface area contributed by atoms with Crippen molar-refractivity contribution in [1.29, 1.82) is 0 Å². The lowest BCUT2D eigenvalue weighted by Gasteiger charge is -2.30. The molecule has 0 spiro atoms. The Morgan fingerprint density at radius 2 is 2.04 bits per heavy atom. The molecule has 1 fully saturated rings. The molecule has 1 aromatic carbocycles. The molecule has 1 saturated heterocycles. The van der Waals surface area contributed by atoms with Crippen LogP contribution >= 0.6 is 15.9 Å². The summed E-state index contributed by atoms with van der Waals surface area (Å²) in [6, 6.07) is 4.51. The molecule has 1 aromatic rings. The molecule has 0 aromatic heterocycles. The molecule has 2 aliphatic rings. The number of rotatable bonds is 5. The van der Waals surface area contributed by atoms with Crippen LogP contribution in [0.1, 0.15) is 18.4 Å². The van der Waals surface area contributed by atoms with Gasteiger partial charge in [0.05, 0.1) is 17.7 Å². The Hall–Kier alpha value is -1.86. The van der Waals surface area contributed by atoms with E-state index in [0.717, 1.165) is 5.56 Å². The lowest BCUT2D eigenvalue weighted by molar-refractivity contribution is -0.117. The van der Waals surface area contributed by atoms with Crippen LogP contribution in [-0.4, -0.2) is 48.5 Å². The average molecular weight is 409 g/mol. The van der Waals surface area contributed by atoms with Crippen LogP contribution in [0.3, 0.4) is 0 Å². The number of Topliss-reactive ketones (excluding diaryl/α,β-unsaturated/α-hetero) is 1. The van der Waals surface area contributed by atoms with Gasteiger partial charge in [-0.05, 0) is 33.6 Å². The summed E-state index contributed by atoms with van der Waals surface area (Å²) in [6.45, 7) is 2.59. The number of nitrogens with zero attached hydrogens (tertiary/aromatic N) is 2. The van der Waals surface area contributed by atoms with Gasteiger partial charge in [0.25, 0.3) is 0 Å². The Morgan fingerprint density at radius 1 is 1.28 bits per heavy atom. The predicted molar refractivity (Wildman–Crippen MR) is 95.0 cm³/mol. The summed E-state index contributed by atoms with van der Waals surface area (Å²) in [6.07, 6.45) is 2.02. The number of carbonyl (C=O) groups is 2. The first-order valence-electron chi connectivity index (χ1n) is 8.10. The molecule has 0 saturated carbocycles. The summed E-state index contributed by atoms with van der Waals surface area (Å²) < 4.78 is 18.9. The van der Waals surface area contributed by atoms with E-state index in [0.29, 0.717) is 42.3 Å². The standard InChI is InChI=1S/C18H18BrFN2O3/c19-16-8-12(1-2-17(16)20)7-14(23)9-13-10-15(24)11-18(21-13)22-3-5-25-6-4-22/h1-2,8,11H,3-7,9-10H2. The molecule has 3 rings (SSSR count). The van der Waals surface area contributed by atoms with Crippen molar-refractivity contribution in [2.45, 2.75) is 19.3 Å². The highest BCUT2D eigenvalue weighted by Crippen LogP contribution is 2.19. The summed E-state index contributed by atoms with van der Waals surface area (Å²) in [5.74, 6) is 0.169. The van der Waals surface area contributed by atoms with Gasteiger partial charge in [-0.2, -0.15) is 0 Å². The molecule has 25 heavy (non-hydrogen) atoms. The van der Waals surface area contributed by atoms with E-state index in [2.05, 4.69) is 20.9 Å². The molecule has 0 radical (unpaired) electrons. The number of halogens is 2. The number of ketones is 2. The first-order chi connectivity index (χ1) is 12.0. The number of ether oxygens (including phenoxy) is 1. The number of allylic oxidation sites excluding steroid dienone is 1. The topological polar surface area (TPSA) is 59.0 Å². The zero-order valence-corrected chi connectivity index (χ0v) is 15.2. The van der Waals surface area contributed by atoms with E-state index in [1.807, 2.05) is 4.90 Å². The second-order valence-electron chi connectivity index (χ2n) is 6.06. The minimum absolute atomic E-state index is 0.0381. The molecule has 0 N–H and O–H groups in total. The molecule has 7 heteroatoms. The van der Waals surface area contributed by atoms with Crippen LogP contribution in [0.25, 0.3) is 0 Å².